The summed E-state index contributed by atoms with van der Waals surface area (Å²) in [6, 6.07) is 2.38. The van der Waals surface area contributed by atoms with Crippen LogP contribution in [-0.2, 0) is 0 Å². The maximum absolute atomic E-state index is 5.49. The van der Waals surface area contributed by atoms with Gasteiger partial charge in [0.15, 0.2) is 11.6 Å². The number of pyridine rings is 1. The van der Waals surface area contributed by atoms with Crippen molar-refractivity contribution in [2.75, 3.05) is 7.11 Å². The van der Waals surface area contributed by atoms with E-state index in [2.05, 4.69) is 20.1 Å². The average Bonchev–Trinajstić information content (AvgIpc) is 3.13. The molecule has 0 amide bonds. The highest BCUT2D eigenvalue weighted by Crippen LogP contribution is 2.38. The van der Waals surface area contributed by atoms with Crippen molar-refractivity contribution in [3.8, 4) is 17.3 Å². The number of ether oxygens (including phenoxy) is 1. The van der Waals surface area contributed by atoms with Gasteiger partial charge in [0.05, 0.1) is 31.1 Å². The quantitative estimate of drug-likeness (QED) is 0.627. The monoisotopic (exact) mass is 320 g/mol. The number of nitrogens with zero attached hydrogens (tertiary/aromatic N) is 5. The molecule has 4 aromatic rings. The average molecular weight is 320 g/mol. The van der Waals surface area contributed by atoms with E-state index in [1.54, 1.807) is 25.7 Å². The molecule has 0 atom stereocenters. The summed E-state index contributed by atoms with van der Waals surface area (Å²) in [5, 5.41) is 6.57. The third-order valence-corrected chi connectivity index (χ3v) is 4.77. The third kappa shape index (κ3) is 1.84. The van der Waals surface area contributed by atoms with Crippen molar-refractivity contribution in [3.63, 3.8) is 0 Å². The predicted octanol–water partition coefficient (Wildman–Crippen LogP) is 3.10. The molecule has 0 aliphatic heterocycles. The van der Waals surface area contributed by atoms with Crippen LogP contribution in [-0.4, -0.2) is 36.8 Å². The molecule has 7 nitrogen and oxygen atoms in total. The Bertz CT molecular complexity index is 1050. The van der Waals surface area contributed by atoms with Gasteiger partial charge in [0, 0.05) is 23.2 Å². The van der Waals surface area contributed by atoms with Crippen LogP contribution in [0.2, 0.25) is 0 Å². The largest absolute Gasteiger partial charge is 0.493 e. The van der Waals surface area contributed by atoms with Gasteiger partial charge in [-0.15, -0.1) is 0 Å². The summed E-state index contributed by atoms with van der Waals surface area (Å²) >= 11 is 0. The molecule has 0 aromatic carbocycles. The Morgan fingerprint density at radius 3 is 2.92 bits per heavy atom. The van der Waals surface area contributed by atoms with Gasteiger partial charge in [-0.05, 0) is 25.3 Å². The van der Waals surface area contributed by atoms with E-state index in [1.165, 1.54) is 6.42 Å². The first kappa shape index (κ1) is 13.5. The summed E-state index contributed by atoms with van der Waals surface area (Å²) in [5.74, 6) is 1.34. The van der Waals surface area contributed by atoms with Gasteiger partial charge < -0.3 is 9.72 Å². The lowest BCUT2D eigenvalue weighted by atomic mass is 9.93. The molecule has 0 unspecified atom stereocenters. The number of rotatable bonds is 3. The van der Waals surface area contributed by atoms with E-state index in [1.807, 2.05) is 16.9 Å². The lowest BCUT2D eigenvalue weighted by molar-refractivity contribution is 0.291. The Morgan fingerprint density at radius 2 is 2.12 bits per heavy atom. The van der Waals surface area contributed by atoms with Crippen LogP contribution in [0.4, 0.5) is 0 Å². The summed E-state index contributed by atoms with van der Waals surface area (Å²) in [4.78, 5) is 16.8. The Morgan fingerprint density at radius 1 is 1.21 bits per heavy atom. The van der Waals surface area contributed by atoms with E-state index in [0.717, 1.165) is 40.5 Å². The maximum atomic E-state index is 5.49. The Kier molecular flexibility index (Phi) is 2.82. The number of hydrogen-bond donors (Lipinski definition) is 1. The van der Waals surface area contributed by atoms with Crippen molar-refractivity contribution in [1.29, 1.82) is 0 Å². The van der Waals surface area contributed by atoms with Crippen LogP contribution in [0.3, 0.4) is 0 Å². The van der Waals surface area contributed by atoms with Gasteiger partial charge in [-0.25, -0.2) is 9.97 Å². The Hall–Kier alpha value is -2.96. The lowest BCUT2D eigenvalue weighted by Gasteiger charge is -2.27. The van der Waals surface area contributed by atoms with Gasteiger partial charge in [0.1, 0.15) is 11.3 Å². The van der Waals surface area contributed by atoms with Crippen LogP contribution in [0.5, 0.6) is 5.75 Å². The van der Waals surface area contributed by atoms with Crippen molar-refractivity contribution >= 4 is 21.9 Å². The molecule has 0 radical (unpaired) electrons. The molecule has 1 saturated carbocycles. The molecular weight excluding hydrogens is 304 g/mol. The van der Waals surface area contributed by atoms with Crippen molar-refractivity contribution in [3.05, 3.63) is 30.9 Å². The van der Waals surface area contributed by atoms with Crippen molar-refractivity contribution in [2.45, 2.75) is 25.3 Å². The SMILES string of the molecule is COc1cnn(C2CCC2)c1-c1ncc2c(n1)[nH]c1cnccc12. The summed E-state index contributed by atoms with van der Waals surface area (Å²) in [6.07, 6.45) is 10.7. The van der Waals surface area contributed by atoms with Crippen molar-refractivity contribution in [1.82, 2.24) is 29.7 Å². The molecule has 24 heavy (non-hydrogen) atoms. The number of methoxy groups -OCH3 is 1. The van der Waals surface area contributed by atoms with Crippen molar-refractivity contribution in [2.24, 2.45) is 0 Å². The fourth-order valence-electron chi connectivity index (χ4n) is 3.26. The first-order valence-corrected chi connectivity index (χ1v) is 8.05. The van der Waals surface area contributed by atoms with Gasteiger partial charge in [-0.3, -0.25) is 9.67 Å². The van der Waals surface area contributed by atoms with Gasteiger partial charge in [0.2, 0.25) is 0 Å². The standard InChI is InChI=1S/C17H16N6O/c1-24-14-9-20-23(10-3-2-4-10)15(14)17-19-7-12-11-5-6-18-8-13(11)21-16(12)22-17/h5-10H,2-4H2,1H3,(H,19,21,22). The Labute approximate surface area is 137 Å². The molecule has 0 saturated heterocycles. The number of hydrogen-bond acceptors (Lipinski definition) is 5. The van der Waals surface area contributed by atoms with E-state index in [-0.39, 0.29) is 0 Å². The molecule has 5 rings (SSSR count). The molecular formula is C17H16N6O. The molecule has 7 heteroatoms. The van der Waals surface area contributed by atoms with E-state index in [4.69, 9.17) is 9.72 Å². The molecule has 1 aliphatic carbocycles. The summed E-state index contributed by atoms with van der Waals surface area (Å²) in [6.45, 7) is 0. The first-order chi connectivity index (χ1) is 11.8. The minimum atomic E-state index is 0.412. The zero-order chi connectivity index (χ0) is 16.1. The number of fused-ring (bicyclic) bond motifs is 3. The molecule has 1 aliphatic rings. The van der Waals surface area contributed by atoms with Crippen LogP contribution in [0.25, 0.3) is 33.5 Å². The molecule has 4 heterocycles. The maximum Gasteiger partial charge on any atom is 0.183 e. The van der Waals surface area contributed by atoms with E-state index >= 15 is 0 Å². The van der Waals surface area contributed by atoms with Gasteiger partial charge in [-0.1, -0.05) is 0 Å². The smallest absolute Gasteiger partial charge is 0.183 e. The molecule has 0 bridgehead atoms. The van der Waals surface area contributed by atoms with Gasteiger partial charge in [0.25, 0.3) is 0 Å². The van der Waals surface area contributed by atoms with Gasteiger partial charge >= 0.3 is 0 Å². The first-order valence-electron chi connectivity index (χ1n) is 8.05. The normalized spacial score (nSPS) is 15.0. The lowest BCUT2D eigenvalue weighted by Crippen LogP contribution is -2.19. The number of aromatic amines is 1. The topological polar surface area (TPSA) is 81.5 Å². The minimum Gasteiger partial charge on any atom is -0.493 e. The fraction of sp³-hybridized carbons (Fsp3) is 0.294. The summed E-state index contributed by atoms with van der Waals surface area (Å²) in [5.41, 5.74) is 2.60. The predicted molar refractivity (Wildman–Crippen MR) is 89.9 cm³/mol. The highest BCUT2D eigenvalue weighted by molar-refractivity contribution is 6.05. The van der Waals surface area contributed by atoms with Gasteiger partial charge in [-0.2, -0.15) is 5.10 Å². The summed E-state index contributed by atoms with van der Waals surface area (Å²) in [7, 11) is 1.65. The molecule has 4 aromatic heterocycles. The number of nitrogens with one attached hydrogen (secondary N) is 1. The van der Waals surface area contributed by atoms with Crippen molar-refractivity contribution < 1.29 is 4.74 Å². The fourth-order valence-corrected chi connectivity index (χ4v) is 3.26. The zero-order valence-electron chi connectivity index (χ0n) is 13.2. The number of aromatic nitrogens is 6. The van der Waals surface area contributed by atoms with Crippen LogP contribution in [0.1, 0.15) is 25.3 Å². The van der Waals surface area contributed by atoms with Crippen LogP contribution >= 0.6 is 0 Å². The highest BCUT2D eigenvalue weighted by Gasteiger charge is 2.27. The van der Waals surface area contributed by atoms with E-state index in [9.17, 15) is 0 Å². The Balaban J connectivity index is 1.71. The second-order valence-corrected chi connectivity index (χ2v) is 6.09. The van der Waals surface area contributed by atoms with E-state index < -0.39 is 0 Å². The molecule has 120 valence electrons. The molecule has 1 N–H and O–H groups in total. The second kappa shape index (κ2) is 5.02. The van der Waals surface area contributed by atoms with Crippen LogP contribution in [0.15, 0.2) is 30.9 Å². The highest BCUT2D eigenvalue weighted by atomic mass is 16.5. The number of H-pyrrole nitrogens is 1. The second-order valence-electron chi connectivity index (χ2n) is 6.09. The zero-order valence-corrected chi connectivity index (χ0v) is 13.2. The van der Waals surface area contributed by atoms with Crippen LogP contribution < -0.4 is 4.74 Å². The molecule has 1 fully saturated rings. The van der Waals surface area contributed by atoms with E-state index in [0.29, 0.717) is 17.6 Å². The summed E-state index contributed by atoms with van der Waals surface area (Å²) < 4.78 is 7.49. The minimum absolute atomic E-state index is 0.412. The third-order valence-electron chi connectivity index (χ3n) is 4.77. The molecule has 0 spiro atoms. The van der Waals surface area contributed by atoms with Crippen LogP contribution in [0, 0.1) is 0 Å².